The zero-order valence-electron chi connectivity index (χ0n) is 19.1. The number of morpholine rings is 1. The van der Waals surface area contributed by atoms with Crippen molar-refractivity contribution in [2.75, 3.05) is 37.5 Å². The van der Waals surface area contributed by atoms with E-state index in [2.05, 4.69) is 4.90 Å². The van der Waals surface area contributed by atoms with Crippen LogP contribution in [0.2, 0.25) is 5.02 Å². The van der Waals surface area contributed by atoms with E-state index in [0.717, 1.165) is 48.2 Å². The summed E-state index contributed by atoms with van der Waals surface area (Å²) in [5.41, 5.74) is 2.24. The molecule has 0 spiro atoms. The Balaban J connectivity index is 1.64. The van der Waals surface area contributed by atoms with E-state index in [1.165, 1.54) is 4.90 Å². The predicted octanol–water partition coefficient (Wildman–Crippen LogP) is 4.07. The van der Waals surface area contributed by atoms with Crippen molar-refractivity contribution in [1.82, 2.24) is 4.90 Å². The lowest BCUT2D eigenvalue weighted by Crippen LogP contribution is -2.36. The summed E-state index contributed by atoms with van der Waals surface area (Å²) in [6.45, 7) is 3.70. The summed E-state index contributed by atoms with van der Waals surface area (Å²) in [5, 5.41) is 0.530. The maximum absolute atomic E-state index is 13.4. The third kappa shape index (κ3) is 5.52. The van der Waals surface area contributed by atoms with Crippen molar-refractivity contribution in [3.63, 3.8) is 0 Å². The number of hydrogen-bond donors (Lipinski definition) is 0. The molecule has 1 amide bonds. The second kappa shape index (κ2) is 9.51. The fourth-order valence-corrected chi connectivity index (χ4v) is 4.99. The van der Waals surface area contributed by atoms with Crippen LogP contribution in [0.25, 0.3) is 0 Å². The summed E-state index contributed by atoms with van der Waals surface area (Å²) < 4.78 is 73.8. The molecule has 1 saturated heterocycles. The van der Waals surface area contributed by atoms with E-state index in [1.54, 1.807) is 6.07 Å². The summed E-state index contributed by atoms with van der Waals surface area (Å²) in [6, 6.07) is 6.96. The Labute approximate surface area is 206 Å². The number of nitrogens with zero attached hydrogens (tertiary/aromatic N) is 2. The number of sulfone groups is 1. The van der Waals surface area contributed by atoms with E-state index in [0.29, 0.717) is 31.3 Å². The van der Waals surface area contributed by atoms with Crippen LogP contribution >= 0.6 is 11.6 Å². The monoisotopic (exact) mass is 532 g/mol. The quantitative estimate of drug-likeness (QED) is 0.578. The van der Waals surface area contributed by atoms with E-state index in [1.807, 2.05) is 6.07 Å². The van der Waals surface area contributed by atoms with Gasteiger partial charge in [-0.2, -0.15) is 13.2 Å². The van der Waals surface area contributed by atoms with Gasteiger partial charge in [-0.25, -0.2) is 8.42 Å². The number of amides is 1. The molecule has 0 radical (unpaired) electrons. The van der Waals surface area contributed by atoms with Crippen LogP contribution in [0, 0.1) is 0 Å². The van der Waals surface area contributed by atoms with Gasteiger partial charge >= 0.3 is 6.18 Å². The number of carbonyl (C=O) groups is 1. The van der Waals surface area contributed by atoms with Crippen molar-refractivity contribution >= 4 is 33.0 Å². The van der Waals surface area contributed by atoms with E-state index in [4.69, 9.17) is 21.1 Å². The number of rotatable bonds is 5. The van der Waals surface area contributed by atoms with Crippen LogP contribution in [0.5, 0.6) is 5.75 Å². The van der Waals surface area contributed by atoms with Gasteiger partial charge in [-0.15, -0.1) is 0 Å². The molecule has 0 aromatic heterocycles. The minimum Gasteiger partial charge on any atom is -0.480 e. The first-order chi connectivity index (χ1) is 16.3. The van der Waals surface area contributed by atoms with Gasteiger partial charge in [-0.1, -0.05) is 11.6 Å². The van der Waals surface area contributed by atoms with E-state index in [-0.39, 0.29) is 29.3 Å². The fraction of sp³-hybridized carbons (Fsp3) is 0.435. The molecule has 0 unspecified atom stereocenters. The van der Waals surface area contributed by atoms with Crippen molar-refractivity contribution in [3.05, 3.63) is 52.0 Å². The van der Waals surface area contributed by atoms with Gasteiger partial charge in [0.25, 0.3) is 5.91 Å². The number of fused-ring (bicyclic) bond motifs is 1. The molecule has 2 aliphatic heterocycles. The number of hydrogen-bond acceptors (Lipinski definition) is 6. The van der Waals surface area contributed by atoms with E-state index in [9.17, 15) is 26.4 Å². The second-order valence-corrected chi connectivity index (χ2v) is 11.0. The smallest absolute Gasteiger partial charge is 0.425 e. The van der Waals surface area contributed by atoms with Crippen LogP contribution < -0.4 is 9.64 Å². The molecule has 7 nitrogen and oxygen atoms in total. The summed E-state index contributed by atoms with van der Waals surface area (Å²) >= 11 is 6.50. The summed E-state index contributed by atoms with van der Waals surface area (Å²) in [4.78, 5) is 16.8. The molecule has 0 aliphatic carbocycles. The maximum Gasteiger partial charge on any atom is 0.425 e. The molecule has 0 N–H and O–H groups in total. The first-order valence-corrected chi connectivity index (χ1v) is 13.1. The molecule has 0 bridgehead atoms. The number of anilines is 1. The molecular weight excluding hydrogens is 509 g/mol. The van der Waals surface area contributed by atoms with Crippen molar-refractivity contribution in [2.24, 2.45) is 0 Å². The highest BCUT2D eigenvalue weighted by molar-refractivity contribution is 7.90. The van der Waals surface area contributed by atoms with Gasteiger partial charge in [0.15, 0.2) is 15.9 Å². The molecule has 4 rings (SSSR count). The second-order valence-electron chi connectivity index (χ2n) is 8.56. The normalized spacial score (nSPS) is 17.3. The number of benzene rings is 2. The van der Waals surface area contributed by atoms with Crippen LogP contribution in [-0.2, 0) is 27.7 Å². The minimum absolute atomic E-state index is 0.175. The van der Waals surface area contributed by atoms with Crippen molar-refractivity contribution in [2.45, 2.75) is 37.2 Å². The molecule has 1 fully saturated rings. The van der Waals surface area contributed by atoms with Gasteiger partial charge < -0.3 is 19.3 Å². The molecule has 2 heterocycles. The van der Waals surface area contributed by atoms with Crippen LogP contribution in [0.1, 0.15) is 28.4 Å². The van der Waals surface area contributed by atoms with Crippen LogP contribution in [0.3, 0.4) is 0 Å². The average molecular weight is 533 g/mol. The first kappa shape index (κ1) is 25.6. The molecule has 2 aromatic rings. The van der Waals surface area contributed by atoms with Crippen molar-refractivity contribution in [3.8, 4) is 5.75 Å². The Kier molecular flexibility index (Phi) is 6.96. The van der Waals surface area contributed by atoms with Gasteiger partial charge in [0.1, 0.15) is 5.75 Å². The molecular formula is C23H24ClF3N2O5S. The lowest BCUT2D eigenvalue weighted by atomic mass is 10.1. The highest BCUT2D eigenvalue weighted by atomic mass is 35.5. The highest BCUT2D eigenvalue weighted by Crippen LogP contribution is 2.36. The lowest BCUT2D eigenvalue weighted by Gasteiger charge is -2.30. The lowest BCUT2D eigenvalue weighted by molar-refractivity contribution is -0.189. The van der Waals surface area contributed by atoms with Gasteiger partial charge in [0.05, 0.1) is 34.4 Å². The fourth-order valence-electron chi connectivity index (χ4n) is 4.04. The van der Waals surface area contributed by atoms with E-state index >= 15 is 0 Å². The largest absolute Gasteiger partial charge is 0.480 e. The predicted molar refractivity (Wildman–Crippen MR) is 124 cm³/mol. The van der Waals surface area contributed by atoms with Gasteiger partial charge in [0.2, 0.25) is 0 Å². The Bertz CT molecular complexity index is 1250. The summed E-state index contributed by atoms with van der Waals surface area (Å²) in [6.07, 6.45) is -5.90. The Morgan fingerprint density at radius 2 is 1.74 bits per heavy atom. The molecule has 0 saturated carbocycles. The first-order valence-electron chi connectivity index (χ1n) is 10.9. The number of carbonyl (C=O) groups excluding carboxylic acids is 1. The molecule has 190 valence electrons. The maximum atomic E-state index is 13.4. The molecule has 12 heteroatoms. The molecule has 2 aliphatic rings. The van der Waals surface area contributed by atoms with E-state index < -0.39 is 28.0 Å². The number of alkyl halides is 3. The third-order valence-corrected chi connectivity index (χ3v) is 7.42. The van der Waals surface area contributed by atoms with Crippen LogP contribution in [0.15, 0.2) is 35.2 Å². The van der Waals surface area contributed by atoms with Crippen molar-refractivity contribution in [1.29, 1.82) is 0 Å². The van der Waals surface area contributed by atoms with Gasteiger partial charge in [-0.05, 0) is 48.4 Å². The topological polar surface area (TPSA) is 76.2 Å². The summed E-state index contributed by atoms with van der Waals surface area (Å²) in [7, 11) is -3.72. The SMILES string of the molecule is C[C@@H](Oc1ccc(S(C)(=O)=O)cc1C(=O)N1Cc2cc(Cl)c(N3CCOCC3)cc2C1)C(F)(F)F. The summed E-state index contributed by atoms with van der Waals surface area (Å²) in [5.74, 6) is -0.977. The highest BCUT2D eigenvalue weighted by Gasteiger charge is 2.39. The Hall–Kier alpha value is -2.50. The molecule has 1 atom stereocenters. The van der Waals surface area contributed by atoms with Crippen LogP contribution in [-0.4, -0.2) is 64.1 Å². The zero-order chi connectivity index (χ0) is 25.5. The zero-order valence-corrected chi connectivity index (χ0v) is 20.6. The molecule has 35 heavy (non-hydrogen) atoms. The Morgan fingerprint density at radius 3 is 2.34 bits per heavy atom. The van der Waals surface area contributed by atoms with Crippen molar-refractivity contribution < 1.29 is 35.9 Å². The average Bonchev–Trinajstić information content (AvgIpc) is 3.20. The third-order valence-electron chi connectivity index (χ3n) is 6.00. The van der Waals surface area contributed by atoms with Gasteiger partial charge in [-0.3, -0.25) is 4.79 Å². The Morgan fingerprint density at radius 1 is 1.11 bits per heavy atom. The molecule has 2 aromatic carbocycles. The van der Waals surface area contributed by atoms with Crippen LogP contribution in [0.4, 0.5) is 18.9 Å². The minimum atomic E-state index is -4.66. The standard InChI is InChI=1S/C23H24ClF3N2O5S/c1-14(23(25,26)27)34-21-4-3-17(35(2,31)32)11-18(21)22(30)29-12-15-9-19(24)20(10-16(15)13-29)28-5-7-33-8-6-28/h3-4,9-11,14H,5-8,12-13H2,1-2H3/t14-/m1/s1. The van der Waals surface area contributed by atoms with Gasteiger partial charge in [0, 0.05) is 32.4 Å². The number of ether oxygens (including phenoxy) is 2. The number of halogens is 4.